The summed E-state index contributed by atoms with van der Waals surface area (Å²) in [5.41, 5.74) is 8.31. The maximum absolute atomic E-state index is 5.85. The van der Waals surface area contributed by atoms with Gasteiger partial charge in [0.05, 0.1) is 5.60 Å². The first kappa shape index (κ1) is 9.69. The molecule has 14 heavy (non-hydrogen) atoms. The zero-order valence-electron chi connectivity index (χ0n) is 8.79. The SMILES string of the molecule is COC1(c2cccc(C(C)N)c2)CC1. The summed E-state index contributed by atoms with van der Waals surface area (Å²) >= 11 is 0. The van der Waals surface area contributed by atoms with E-state index in [1.807, 2.05) is 6.92 Å². The topological polar surface area (TPSA) is 35.2 Å². The lowest BCUT2D eigenvalue weighted by molar-refractivity contribution is 0.0788. The maximum atomic E-state index is 5.85. The van der Waals surface area contributed by atoms with Crippen molar-refractivity contribution in [1.29, 1.82) is 0 Å². The van der Waals surface area contributed by atoms with Crippen LogP contribution in [0.2, 0.25) is 0 Å². The zero-order chi connectivity index (χ0) is 10.2. The normalized spacial score (nSPS) is 20.5. The average Bonchev–Trinajstić information content (AvgIpc) is 2.98. The molecule has 0 bridgehead atoms. The van der Waals surface area contributed by atoms with Gasteiger partial charge in [0.1, 0.15) is 0 Å². The summed E-state index contributed by atoms with van der Waals surface area (Å²) in [4.78, 5) is 0. The van der Waals surface area contributed by atoms with E-state index in [0.29, 0.717) is 0 Å². The Kier molecular flexibility index (Phi) is 2.33. The molecular formula is C12H17NO. The Morgan fingerprint density at radius 1 is 1.43 bits per heavy atom. The third-order valence-corrected chi connectivity index (χ3v) is 3.03. The van der Waals surface area contributed by atoms with Crippen LogP contribution in [0.4, 0.5) is 0 Å². The van der Waals surface area contributed by atoms with Gasteiger partial charge in [0.25, 0.3) is 0 Å². The fourth-order valence-corrected chi connectivity index (χ4v) is 1.83. The van der Waals surface area contributed by atoms with Crippen LogP contribution in [0.1, 0.15) is 36.9 Å². The van der Waals surface area contributed by atoms with Crippen LogP contribution < -0.4 is 5.73 Å². The molecule has 1 saturated carbocycles. The molecule has 2 nitrogen and oxygen atoms in total. The number of ether oxygens (including phenoxy) is 1. The molecule has 2 N–H and O–H groups in total. The van der Waals surface area contributed by atoms with Gasteiger partial charge in [0, 0.05) is 13.2 Å². The van der Waals surface area contributed by atoms with Crippen molar-refractivity contribution in [1.82, 2.24) is 0 Å². The molecule has 0 radical (unpaired) electrons. The van der Waals surface area contributed by atoms with Crippen LogP contribution in [-0.4, -0.2) is 7.11 Å². The molecule has 2 rings (SSSR count). The second kappa shape index (κ2) is 3.37. The summed E-state index contributed by atoms with van der Waals surface area (Å²) in [5, 5.41) is 0. The predicted molar refractivity (Wildman–Crippen MR) is 57.0 cm³/mol. The number of hydrogen-bond acceptors (Lipinski definition) is 2. The van der Waals surface area contributed by atoms with E-state index >= 15 is 0 Å². The van der Waals surface area contributed by atoms with Crippen LogP contribution in [0, 0.1) is 0 Å². The second-order valence-electron chi connectivity index (χ2n) is 4.11. The predicted octanol–water partition coefficient (Wildman–Crippen LogP) is 2.34. The van der Waals surface area contributed by atoms with Crippen LogP contribution in [0.5, 0.6) is 0 Å². The molecule has 0 aromatic heterocycles. The molecular weight excluding hydrogens is 174 g/mol. The summed E-state index contributed by atoms with van der Waals surface area (Å²) in [6.45, 7) is 2.01. The number of hydrogen-bond donors (Lipinski definition) is 1. The highest BCUT2D eigenvalue weighted by atomic mass is 16.5. The lowest BCUT2D eigenvalue weighted by Gasteiger charge is -2.15. The molecule has 1 unspecified atom stereocenters. The quantitative estimate of drug-likeness (QED) is 0.796. The highest BCUT2D eigenvalue weighted by Gasteiger charge is 2.44. The number of methoxy groups -OCH3 is 1. The van der Waals surface area contributed by atoms with Gasteiger partial charge in [-0.25, -0.2) is 0 Å². The monoisotopic (exact) mass is 191 g/mol. The summed E-state index contributed by atoms with van der Waals surface area (Å²) in [6.07, 6.45) is 2.26. The molecule has 0 amide bonds. The maximum Gasteiger partial charge on any atom is 0.0930 e. The van der Waals surface area contributed by atoms with E-state index in [1.165, 1.54) is 11.1 Å². The first-order chi connectivity index (χ1) is 6.68. The largest absolute Gasteiger partial charge is 0.374 e. The first-order valence-corrected chi connectivity index (χ1v) is 5.09. The van der Waals surface area contributed by atoms with Crippen LogP contribution in [0.25, 0.3) is 0 Å². The van der Waals surface area contributed by atoms with E-state index < -0.39 is 0 Å². The van der Waals surface area contributed by atoms with E-state index in [2.05, 4.69) is 24.3 Å². The van der Waals surface area contributed by atoms with Gasteiger partial charge < -0.3 is 10.5 Å². The van der Waals surface area contributed by atoms with Gasteiger partial charge in [-0.15, -0.1) is 0 Å². The van der Waals surface area contributed by atoms with Crippen LogP contribution in [0.3, 0.4) is 0 Å². The van der Waals surface area contributed by atoms with Gasteiger partial charge in [0.15, 0.2) is 0 Å². The molecule has 1 fully saturated rings. The van der Waals surface area contributed by atoms with Crippen LogP contribution >= 0.6 is 0 Å². The minimum absolute atomic E-state index is 0.00486. The van der Waals surface area contributed by atoms with Crippen LogP contribution in [0.15, 0.2) is 24.3 Å². The third kappa shape index (κ3) is 1.56. The van der Waals surface area contributed by atoms with E-state index in [1.54, 1.807) is 7.11 Å². The van der Waals surface area contributed by atoms with Crippen molar-refractivity contribution < 1.29 is 4.74 Å². The summed E-state index contributed by atoms with van der Waals surface area (Å²) in [5.74, 6) is 0. The summed E-state index contributed by atoms with van der Waals surface area (Å²) in [6, 6.07) is 8.53. The molecule has 76 valence electrons. The smallest absolute Gasteiger partial charge is 0.0930 e. The van der Waals surface area contributed by atoms with E-state index in [4.69, 9.17) is 10.5 Å². The van der Waals surface area contributed by atoms with Gasteiger partial charge in [-0.3, -0.25) is 0 Å². The Morgan fingerprint density at radius 2 is 2.14 bits per heavy atom. The molecule has 1 aliphatic rings. The molecule has 1 aliphatic carbocycles. The highest BCUT2D eigenvalue weighted by molar-refractivity contribution is 5.33. The van der Waals surface area contributed by atoms with Crippen molar-refractivity contribution in [3.05, 3.63) is 35.4 Å². The Balaban J connectivity index is 2.31. The molecule has 2 heteroatoms. The average molecular weight is 191 g/mol. The highest BCUT2D eigenvalue weighted by Crippen LogP contribution is 2.48. The third-order valence-electron chi connectivity index (χ3n) is 3.03. The standard InChI is InChI=1S/C12H17NO/c1-9(13)10-4-3-5-11(8-10)12(14-2)6-7-12/h3-5,8-9H,6-7,13H2,1-2H3. The first-order valence-electron chi connectivity index (χ1n) is 5.09. The van der Waals surface area contributed by atoms with E-state index in [-0.39, 0.29) is 11.6 Å². The van der Waals surface area contributed by atoms with E-state index in [9.17, 15) is 0 Å². The number of rotatable bonds is 3. The van der Waals surface area contributed by atoms with Crippen molar-refractivity contribution in [3.8, 4) is 0 Å². The zero-order valence-corrected chi connectivity index (χ0v) is 8.79. The molecule has 0 aliphatic heterocycles. The molecule has 1 atom stereocenters. The van der Waals surface area contributed by atoms with Gasteiger partial charge in [-0.1, -0.05) is 24.3 Å². The van der Waals surface area contributed by atoms with Crippen LogP contribution in [-0.2, 0) is 10.3 Å². The lowest BCUT2D eigenvalue weighted by atomic mass is 10.0. The Morgan fingerprint density at radius 3 is 2.64 bits per heavy atom. The Labute approximate surface area is 85.1 Å². The van der Waals surface area contributed by atoms with E-state index in [0.717, 1.165) is 12.8 Å². The van der Waals surface area contributed by atoms with Crippen molar-refractivity contribution in [2.45, 2.75) is 31.4 Å². The summed E-state index contributed by atoms with van der Waals surface area (Å²) in [7, 11) is 1.78. The molecule has 0 heterocycles. The van der Waals surface area contributed by atoms with Gasteiger partial charge in [-0.2, -0.15) is 0 Å². The lowest BCUT2D eigenvalue weighted by Crippen LogP contribution is -2.11. The Bertz CT molecular complexity index is 329. The second-order valence-corrected chi connectivity index (χ2v) is 4.11. The van der Waals surface area contributed by atoms with Gasteiger partial charge >= 0.3 is 0 Å². The Hall–Kier alpha value is -0.860. The minimum atomic E-state index is 0.00486. The summed E-state index contributed by atoms with van der Waals surface area (Å²) < 4.78 is 5.53. The number of nitrogens with two attached hydrogens (primary N) is 1. The molecule has 1 aromatic rings. The van der Waals surface area contributed by atoms with Gasteiger partial charge in [0.2, 0.25) is 0 Å². The van der Waals surface area contributed by atoms with Gasteiger partial charge in [-0.05, 0) is 30.9 Å². The van der Waals surface area contributed by atoms with Crippen molar-refractivity contribution >= 4 is 0 Å². The van der Waals surface area contributed by atoms with Crippen molar-refractivity contribution in [2.24, 2.45) is 5.73 Å². The molecule has 1 aromatic carbocycles. The molecule has 0 saturated heterocycles. The fourth-order valence-electron chi connectivity index (χ4n) is 1.83. The van der Waals surface area contributed by atoms with Crippen molar-refractivity contribution in [2.75, 3.05) is 7.11 Å². The minimum Gasteiger partial charge on any atom is -0.374 e. The molecule has 0 spiro atoms. The number of benzene rings is 1. The van der Waals surface area contributed by atoms with Crippen molar-refractivity contribution in [3.63, 3.8) is 0 Å². The fraction of sp³-hybridized carbons (Fsp3) is 0.500.